The van der Waals surface area contributed by atoms with Crippen LogP contribution in [0.5, 0.6) is 5.88 Å². The number of nitrogens with zero attached hydrogens (tertiary/aromatic N) is 2. The summed E-state index contributed by atoms with van der Waals surface area (Å²) in [6, 6.07) is 3.79. The highest BCUT2D eigenvalue weighted by atomic mass is 16.5. The number of hydrogen-bond donors (Lipinski definition) is 0. The first kappa shape index (κ1) is 11.9. The smallest absolute Gasteiger partial charge is 0.260 e. The number of ether oxygens (including phenoxy) is 1. The SMILES string of the molecule is CCc1ccc(OCC(=O)N2CCCC2)nc1. The van der Waals surface area contributed by atoms with Crippen LogP contribution in [-0.2, 0) is 11.2 Å². The summed E-state index contributed by atoms with van der Waals surface area (Å²) in [5.74, 6) is 0.582. The maximum absolute atomic E-state index is 11.7. The number of amides is 1. The van der Waals surface area contributed by atoms with Crippen molar-refractivity contribution < 1.29 is 9.53 Å². The molecule has 1 saturated heterocycles. The zero-order valence-corrected chi connectivity index (χ0v) is 10.2. The number of aromatic nitrogens is 1. The van der Waals surface area contributed by atoms with Gasteiger partial charge in [-0.25, -0.2) is 4.98 Å². The number of hydrogen-bond acceptors (Lipinski definition) is 3. The molecule has 4 heteroatoms. The highest BCUT2D eigenvalue weighted by molar-refractivity contribution is 5.77. The maximum Gasteiger partial charge on any atom is 0.260 e. The lowest BCUT2D eigenvalue weighted by Crippen LogP contribution is -2.32. The summed E-state index contributed by atoms with van der Waals surface area (Å²) in [7, 11) is 0. The van der Waals surface area contributed by atoms with Gasteiger partial charge in [-0.05, 0) is 24.8 Å². The van der Waals surface area contributed by atoms with Gasteiger partial charge in [0.25, 0.3) is 5.91 Å². The van der Waals surface area contributed by atoms with E-state index in [1.807, 2.05) is 17.0 Å². The van der Waals surface area contributed by atoms with Crippen LogP contribution in [0.15, 0.2) is 18.3 Å². The van der Waals surface area contributed by atoms with Crippen molar-refractivity contribution in [1.82, 2.24) is 9.88 Å². The molecule has 0 aliphatic carbocycles. The quantitative estimate of drug-likeness (QED) is 0.795. The third-order valence-corrected chi connectivity index (χ3v) is 3.01. The van der Waals surface area contributed by atoms with Gasteiger partial charge < -0.3 is 9.64 Å². The predicted octanol–water partition coefficient (Wildman–Crippen LogP) is 1.65. The minimum atomic E-state index is 0.0591. The van der Waals surface area contributed by atoms with Crippen LogP contribution in [0.25, 0.3) is 0 Å². The summed E-state index contributed by atoms with van der Waals surface area (Å²) in [5.41, 5.74) is 1.17. The van der Waals surface area contributed by atoms with E-state index >= 15 is 0 Å². The number of carbonyl (C=O) groups is 1. The second-order valence-electron chi connectivity index (χ2n) is 4.23. The van der Waals surface area contributed by atoms with Gasteiger partial charge >= 0.3 is 0 Å². The lowest BCUT2D eigenvalue weighted by molar-refractivity contribution is -0.132. The van der Waals surface area contributed by atoms with Gasteiger partial charge in [-0.15, -0.1) is 0 Å². The molecule has 0 aromatic carbocycles. The minimum absolute atomic E-state index is 0.0591. The zero-order valence-electron chi connectivity index (χ0n) is 10.2. The molecule has 0 bridgehead atoms. The third kappa shape index (κ3) is 3.19. The molecule has 2 rings (SSSR count). The van der Waals surface area contributed by atoms with Crippen LogP contribution in [0, 0.1) is 0 Å². The summed E-state index contributed by atoms with van der Waals surface area (Å²) in [4.78, 5) is 17.7. The highest BCUT2D eigenvalue weighted by Crippen LogP contribution is 2.10. The fourth-order valence-electron chi connectivity index (χ4n) is 1.90. The van der Waals surface area contributed by atoms with Crippen LogP contribution in [0.2, 0.25) is 0 Å². The largest absolute Gasteiger partial charge is 0.468 e. The Morgan fingerprint density at radius 1 is 1.41 bits per heavy atom. The zero-order chi connectivity index (χ0) is 12.1. The van der Waals surface area contributed by atoms with E-state index in [1.165, 1.54) is 5.56 Å². The molecule has 1 amide bonds. The number of pyridine rings is 1. The van der Waals surface area contributed by atoms with Gasteiger partial charge in [0, 0.05) is 25.4 Å². The van der Waals surface area contributed by atoms with Gasteiger partial charge in [-0.2, -0.15) is 0 Å². The molecule has 2 heterocycles. The Kier molecular flexibility index (Phi) is 3.96. The van der Waals surface area contributed by atoms with E-state index < -0.39 is 0 Å². The minimum Gasteiger partial charge on any atom is -0.468 e. The summed E-state index contributed by atoms with van der Waals surface area (Å²) in [6.07, 6.45) is 4.96. The van der Waals surface area contributed by atoms with Crippen molar-refractivity contribution in [2.45, 2.75) is 26.2 Å². The predicted molar refractivity (Wildman–Crippen MR) is 64.9 cm³/mol. The molecule has 1 aliphatic rings. The fraction of sp³-hybridized carbons (Fsp3) is 0.538. The van der Waals surface area contributed by atoms with Crippen molar-refractivity contribution in [2.75, 3.05) is 19.7 Å². The summed E-state index contributed by atoms with van der Waals surface area (Å²) >= 11 is 0. The van der Waals surface area contributed by atoms with E-state index in [0.29, 0.717) is 5.88 Å². The highest BCUT2D eigenvalue weighted by Gasteiger charge is 2.18. The molecule has 92 valence electrons. The summed E-state index contributed by atoms with van der Waals surface area (Å²) in [6.45, 7) is 3.90. The van der Waals surface area contributed by atoms with E-state index in [1.54, 1.807) is 6.20 Å². The molecular formula is C13H18N2O2. The molecule has 4 nitrogen and oxygen atoms in total. The number of rotatable bonds is 4. The second-order valence-corrected chi connectivity index (χ2v) is 4.23. The van der Waals surface area contributed by atoms with Crippen LogP contribution in [0.3, 0.4) is 0 Å². The lowest BCUT2D eigenvalue weighted by Gasteiger charge is -2.15. The van der Waals surface area contributed by atoms with E-state index in [0.717, 1.165) is 32.4 Å². The fourth-order valence-corrected chi connectivity index (χ4v) is 1.90. The third-order valence-electron chi connectivity index (χ3n) is 3.01. The van der Waals surface area contributed by atoms with Crippen LogP contribution in [0.4, 0.5) is 0 Å². The van der Waals surface area contributed by atoms with Crippen molar-refractivity contribution >= 4 is 5.91 Å². The van der Waals surface area contributed by atoms with E-state index in [9.17, 15) is 4.79 Å². The monoisotopic (exact) mass is 234 g/mol. The Morgan fingerprint density at radius 3 is 2.76 bits per heavy atom. The van der Waals surface area contributed by atoms with Crippen LogP contribution >= 0.6 is 0 Å². The molecule has 1 aromatic heterocycles. The first-order chi connectivity index (χ1) is 8.29. The standard InChI is InChI=1S/C13H18N2O2/c1-2-11-5-6-12(14-9-11)17-10-13(16)15-7-3-4-8-15/h5-6,9H,2-4,7-8,10H2,1H3. The first-order valence-corrected chi connectivity index (χ1v) is 6.15. The molecule has 1 aromatic rings. The molecule has 1 fully saturated rings. The van der Waals surface area contributed by atoms with E-state index in [2.05, 4.69) is 11.9 Å². The average molecular weight is 234 g/mol. The second kappa shape index (κ2) is 5.66. The van der Waals surface area contributed by atoms with Crippen molar-refractivity contribution in [3.8, 4) is 5.88 Å². The Labute approximate surface area is 102 Å². The molecular weight excluding hydrogens is 216 g/mol. The molecule has 0 spiro atoms. The van der Waals surface area contributed by atoms with Crippen LogP contribution < -0.4 is 4.74 Å². The molecule has 0 N–H and O–H groups in total. The van der Waals surface area contributed by atoms with Gasteiger partial charge in [-0.3, -0.25) is 4.79 Å². The number of aryl methyl sites for hydroxylation is 1. The Hall–Kier alpha value is -1.58. The first-order valence-electron chi connectivity index (χ1n) is 6.15. The topological polar surface area (TPSA) is 42.4 Å². The van der Waals surface area contributed by atoms with Gasteiger partial charge in [0.05, 0.1) is 0 Å². The van der Waals surface area contributed by atoms with Crippen molar-refractivity contribution in [1.29, 1.82) is 0 Å². The molecule has 1 aliphatic heterocycles. The summed E-state index contributed by atoms with van der Waals surface area (Å²) in [5, 5.41) is 0. The average Bonchev–Trinajstić information content (AvgIpc) is 2.90. The Morgan fingerprint density at radius 2 is 2.18 bits per heavy atom. The van der Waals surface area contributed by atoms with Crippen molar-refractivity contribution in [3.63, 3.8) is 0 Å². The summed E-state index contributed by atoms with van der Waals surface area (Å²) < 4.78 is 5.38. The van der Waals surface area contributed by atoms with E-state index in [-0.39, 0.29) is 12.5 Å². The van der Waals surface area contributed by atoms with Gasteiger partial charge in [0.2, 0.25) is 5.88 Å². The normalized spacial score (nSPS) is 15.0. The van der Waals surface area contributed by atoms with Crippen molar-refractivity contribution in [3.05, 3.63) is 23.9 Å². The molecule has 0 saturated carbocycles. The number of likely N-dealkylation sites (tertiary alicyclic amines) is 1. The van der Waals surface area contributed by atoms with Crippen LogP contribution in [-0.4, -0.2) is 35.5 Å². The Bertz CT molecular complexity index is 370. The van der Waals surface area contributed by atoms with Gasteiger partial charge in [-0.1, -0.05) is 13.0 Å². The van der Waals surface area contributed by atoms with Gasteiger partial charge in [0.1, 0.15) is 0 Å². The molecule has 0 unspecified atom stereocenters. The van der Waals surface area contributed by atoms with E-state index in [4.69, 9.17) is 4.74 Å². The van der Waals surface area contributed by atoms with Gasteiger partial charge in [0.15, 0.2) is 6.61 Å². The molecule has 17 heavy (non-hydrogen) atoms. The number of carbonyl (C=O) groups excluding carboxylic acids is 1. The maximum atomic E-state index is 11.7. The molecule has 0 radical (unpaired) electrons. The van der Waals surface area contributed by atoms with Crippen molar-refractivity contribution in [2.24, 2.45) is 0 Å². The molecule has 0 atom stereocenters. The Balaban J connectivity index is 1.82. The van der Waals surface area contributed by atoms with Crippen LogP contribution in [0.1, 0.15) is 25.3 Å². The lowest BCUT2D eigenvalue weighted by atomic mass is 10.2.